The first-order valence-electron chi connectivity index (χ1n) is 4.84. The van der Waals surface area contributed by atoms with Crippen molar-refractivity contribution < 1.29 is 0 Å². The summed E-state index contributed by atoms with van der Waals surface area (Å²) in [5.74, 6) is 0. The van der Waals surface area contributed by atoms with E-state index in [2.05, 4.69) is 38.1 Å². The maximum absolute atomic E-state index is 2.25. The first kappa shape index (κ1) is 9.94. The normalized spacial score (nSPS) is 10.7. The van der Waals surface area contributed by atoms with Crippen molar-refractivity contribution in [3.63, 3.8) is 0 Å². The van der Waals surface area contributed by atoms with Crippen molar-refractivity contribution in [1.29, 1.82) is 0 Å². The molecule has 2 aromatic heterocycles. The van der Waals surface area contributed by atoms with Gasteiger partial charge in [-0.25, -0.2) is 0 Å². The smallest absolute Gasteiger partial charge is 0.00516 e. The quantitative estimate of drug-likeness (QED) is 0.729. The van der Waals surface area contributed by atoms with Crippen LogP contribution in [0.4, 0.5) is 0 Å². The van der Waals surface area contributed by atoms with Crippen LogP contribution in [0, 0.1) is 13.8 Å². The Morgan fingerprint density at radius 3 is 1.50 bits per heavy atom. The lowest BCUT2D eigenvalue weighted by Crippen LogP contribution is -1.83. The third-order valence-electron chi connectivity index (χ3n) is 2.21. The van der Waals surface area contributed by atoms with Crippen LogP contribution in [0.25, 0.3) is 0 Å². The molecule has 74 valence electrons. The van der Waals surface area contributed by atoms with E-state index in [1.54, 1.807) is 0 Å². The second-order valence-electron chi connectivity index (χ2n) is 3.52. The molecular weight excluding hydrogens is 208 g/mol. The molecule has 0 aliphatic rings. The van der Waals surface area contributed by atoms with Gasteiger partial charge in [0.1, 0.15) is 0 Å². The van der Waals surface area contributed by atoms with Gasteiger partial charge in [-0.05, 0) is 51.0 Å². The Hall–Kier alpha value is -0.600. The van der Waals surface area contributed by atoms with Crippen LogP contribution in [0.1, 0.15) is 19.5 Å². The lowest BCUT2D eigenvalue weighted by Gasteiger charge is -1.94. The molecule has 2 heterocycles. The highest BCUT2D eigenvalue weighted by Gasteiger charge is 2.00. The fraction of sp³-hybridized carbons (Fsp3) is 0.333. The molecule has 0 amide bonds. The highest BCUT2D eigenvalue weighted by Crippen LogP contribution is 2.20. The van der Waals surface area contributed by atoms with E-state index in [4.69, 9.17) is 0 Å². The van der Waals surface area contributed by atoms with Crippen molar-refractivity contribution >= 4 is 22.7 Å². The Balaban J connectivity index is 1.94. The first-order valence-corrected chi connectivity index (χ1v) is 6.48. The van der Waals surface area contributed by atoms with Crippen LogP contribution in [-0.2, 0) is 12.8 Å². The average molecular weight is 222 g/mol. The van der Waals surface area contributed by atoms with Gasteiger partial charge in [0.15, 0.2) is 0 Å². The molecule has 2 aromatic rings. The van der Waals surface area contributed by atoms with Gasteiger partial charge >= 0.3 is 0 Å². The van der Waals surface area contributed by atoms with E-state index < -0.39 is 0 Å². The van der Waals surface area contributed by atoms with E-state index >= 15 is 0 Å². The minimum Gasteiger partial charge on any atom is -0.146 e. The Morgan fingerprint density at radius 1 is 0.786 bits per heavy atom. The van der Waals surface area contributed by atoms with Crippen LogP contribution in [0.15, 0.2) is 24.3 Å². The van der Waals surface area contributed by atoms with Gasteiger partial charge in [-0.1, -0.05) is 0 Å². The molecule has 2 rings (SSSR count). The monoisotopic (exact) mass is 222 g/mol. The zero-order chi connectivity index (χ0) is 9.97. The van der Waals surface area contributed by atoms with Crippen LogP contribution in [0.5, 0.6) is 0 Å². The Labute approximate surface area is 93.2 Å². The van der Waals surface area contributed by atoms with Crippen LogP contribution >= 0.6 is 22.7 Å². The van der Waals surface area contributed by atoms with E-state index in [1.807, 2.05) is 22.7 Å². The zero-order valence-electron chi connectivity index (χ0n) is 8.54. The Morgan fingerprint density at radius 2 is 1.21 bits per heavy atom. The summed E-state index contributed by atoms with van der Waals surface area (Å²) >= 11 is 3.84. The molecule has 0 fully saturated rings. The highest BCUT2D eigenvalue weighted by atomic mass is 32.1. The van der Waals surface area contributed by atoms with Crippen molar-refractivity contribution in [2.75, 3.05) is 0 Å². The molecule has 0 aromatic carbocycles. The predicted molar refractivity (Wildman–Crippen MR) is 65.5 cm³/mol. The summed E-state index contributed by atoms with van der Waals surface area (Å²) in [6.45, 7) is 4.34. The van der Waals surface area contributed by atoms with Crippen LogP contribution < -0.4 is 0 Å². The molecule has 0 bridgehead atoms. The molecule has 0 spiro atoms. The molecule has 0 nitrogen and oxygen atoms in total. The lowest BCUT2D eigenvalue weighted by molar-refractivity contribution is 1.00. The molecule has 0 aliphatic heterocycles. The third-order valence-corrected chi connectivity index (χ3v) is 4.33. The summed E-state index contributed by atoms with van der Waals surface area (Å²) in [5.41, 5.74) is 0. The largest absolute Gasteiger partial charge is 0.146 e. The van der Waals surface area contributed by atoms with Crippen molar-refractivity contribution in [1.82, 2.24) is 0 Å². The summed E-state index contributed by atoms with van der Waals surface area (Å²) in [7, 11) is 0. The number of thiophene rings is 2. The zero-order valence-corrected chi connectivity index (χ0v) is 10.2. The van der Waals surface area contributed by atoms with Gasteiger partial charge in [-0.15, -0.1) is 22.7 Å². The second-order valence-corrected chi connectivity index (χ2v) is 6.27. The van der Waals surface area contributed by atoms with E-state index in [-0.39, 0.29) is 0 Å². The van der Waals surface area contributed by atoms with E-state index in [0.717, 1.165) is 0 Å². The van der Waals surface area contributed by atoms with Gasteiger partial charge in [0, 0.05) is 19.5 Å². The van der Waals surface area contributed by atoms with Crippen molar-refractivity contribution in [2.45, 2.75) is 26.7 Å². The number of aryl methyl sites for hydroxylation is 4. The second kappa shape index (κ2) is 4.28. The summed E-state index contributed by atoms with van der Waals surface area (Å²) in [6.07, 6.45) is 2.39. The molecule has 2 heteroatoms. The number of hydrogen-bond donors (Lipinski definition) is 0. The van der Waals surface area contributed by atoms with Gasteiger partial charge in [0.2, 0.25) is 0 Å². The highest BCUT2D eigenvalue weighted by molar-refractivity contribution is 7.12. The van der Waals surface area contributed by atoms with Crippen molar-refractivity contribution in [2.24, 2.45) is 0 Å². The maximum Gasteiger partial charge on any atom is 0.00516 e. The molecule has 0 radical (unpaired) electrons. The lowest BCUT2D eigenvalue weighted by atomic mass is 10.2. The first-order chi connectivity index (χ1) is 6.74. The average Bonchev–Trinajstić information content (AvgIpc) is 2.72. The van der Waals surface area contributed by atoms with E-state index in [1.165, 1.54) is 32.4 Å². The molecule has 0 unspecified atom stereocenters. The maximum atomic E-state index is 2.25. The van der Waals surface area contributed by atoms with Crippen LogP contribution in [-0.4, -0.2) is 0 Å². The summed E-state index contributed by atoms with van der Waals surface area (Å²) < 4.78 is 0. The van der Waals surface area contributed by atoms with Gasteiger partial charge < -0.3 is 0 Å². The van der Waals surface area contributed by atoms with E-state index in [0.29, 0.717) is 0 Å². The van der Waals surface area contributed by atoms with Crippen molar-refractivity contribution in [3.8, 4) is 0 Å². The molecule has 0 aliphatic carbocycles. The van der Waals surface area contributed by atoms with E-state index in [9.17, 15) is 0 Å². The molecule has 0 N–H and O–H groups in total. The summed E-state index contributed by atoms with van der Waals surface area (Å²) in [4.78, 5) is 5.85. The molecule has 0 saturated heterocycles. The fourth-order valence-electron chi connectivity index (χ4n) is 1.49. The molecule has 0 atom stereocenters. The van der Waals surface area contributed by atoms with Crippen molar-refractivity contribution in [3.05, 3.63) is 43.8 Å². The molecule has 0 saturated carbocycles. The molecular formula is C12H14S2. The van der Waals surface area contributed by atoms with Crippen LogP contribution in [0.3, 0.4) is 0 Å². The van der Waals surface area contributed by atoms with Gasteiger partial charge in [0.05, 0.1) is 0 Å². The SMILES string of the molecule is Cc1ccc(CCc2ccc(C)s2)s1. The van der Waals surface area contributed by atoms with Gasteiger partial charge in [-0.3, -0.25) is 0 Å². The minimum absolute atomic E-state index is 1.19. The fourth-order valence-corrected chi connectivity index (χ4v) is 3.27. The van der Waals surface area contributed by atoms with Gasteiger partial charge in [0.25, 0.3) is 0 Å². The van der Waals surface area contributed by atoms with Crippen LogP contribution in [0.2, 0.25) is 0 Å². The minimum atomic E-state index is 1.19. The number of hydrogen-bond acceptors (Lipinski definition) is 2. The predicted octanol–water partition coefficient (Wildman–Crippen LogP) is 4.21. The number of rotatable bonds is 3. The Bertz CT molecular complexity index is 369. The Kier molecular flexibility index (Phi) is 3.04. The summed E-state index contributed by atoms with van der Waals surface area (Å²) in [5, 5.41) is 0. The van der Waals surface area contributed by atoms with Gasteiger partial charge in [-0.2, -0.15) is 0 Å². The standard InChI is InChI=1S/C12H14S2/c1-9-3-5-11(13-9)7-8-12-6-4-10(2)14-12/h3-6H,7-8H2,1-2H3. The molecule has 14 heavy (non-hydrogen) atoms. The summed E-state index contributed by atoms with van der Waals surface area (Å²) in [6, 6.07) is 8.92. The topological polar surface area (TPSA) is 0 Å². The third kappa shape index (κ3) is 2.46.